The monoisotopic (exact) mass is 280 g/mol. The number of aryl methyl sites for hydroxylation is 2. The maximum Gasteiger partial charge on any atom is 0.254 e. The number of nitrogens with zero attached hydrogens (tertiary/aromatic N) is 4. The van der Waals surface area contributed by atoms with E-state index in [1.165, 1.54) is 17.5 Å². The van der Waals surface area contributed by atoms with Crippen LogP contribution in [0.2, 0.25) is 0 Å². The number of hydrogen-bond acceptors (Lipinski definition) is 5. The maximum atomic E-state index is 5.86. The molecule has 2 heterocycles. The number of hydrogen-bond donors (Lipinski definition) is 2. The van der Waals surface area contributed by atoms with Crippen molar-refractivity contribution in [3.05, 3.63) is 47.4 Å². The Kier molecular flexibility index (Phi) is 2.57. The van der Waals surface area contributed by atoms with Crippen molar-refractivity contribution in [3.8, 4) is 0 Å². The molecule has 1 aliphatic rings. The lowest BCUT2D eigenvalue weighted by Gasteiger charge is -2.16. The van der Waals surface area contributed by atoms with Gasteiger partial charge in [-0.2, -0.15) is 14.6 Å². The zero-order chi connectivity index (χ0) is 14.4. The van der Waals surface area contributed by atoms with Gasteiger partial charge in [-0.15, -0.1) is 0 Å². The van der Waals surface area contributed by atoms with Gasteiger partial charge in [-0.05, 0) is 43.0 Å². The summed E-state index contributed by atoms with van der Waals surface area (Å²) in [5, 5.41) is 7.80. The summed E-state index contributed by atoms with van der Waals surface area (Å²) in [4.78, 5) is 8.51. The lowest BCUT2D eigenvalue weighted by molar-refractivity contribution is 0.746. The predicted octanol–water partition coefficient (Wildman–Crippen LogP) is 2.11. The smallest absolute Gasteiger partial charge is 0.254 e. The van der Waals surface area contributed by atoms with E-state index in [9.17, 15) is 0 Å². The Morgan fingerprint density at radius 2 is 2.24 bits per heavy atom. The van der Waals surface area contributed by atoms with Crippen LogP contribution in [0.15, 0.2) is 30.6 Å². The minimum Gasteiger partial charge on any atom is -0.399 e. The molecule has 6 heteroatoms. The molecule has 3 N–H and O–H groups in total. The van der Waals surface area contributed by atoms with E-state index in [1.807, 2.05) is 19.1 Å². The standard InChI is InChI=1S/C15H16N6/c1-9-6-14(21-15(19-9)17-8-18-21)20-13-5-2-10-7-11(16)3-4-12(10)13/h3-4,6-8,13,20H,2,5,16H2,1H3. The van der Waals surface area contributed by atoms with Crippen molar-refractivity contribution in [2.45, 2.75) is 25.8 Å². The summed E-state index contributed by atoms with van der Waals surface area (Å²) >= 11 is 0. The van der Waals surface area contributed by atoms with E-state index in [4.69, 9.17) is 5.73 Å². The minimum absolute atomic E-state index is 0.273. The molecule has 0 saturated heterocycles. The summed E-state index contributed by atoms with van der Waals surface area (Å²) in [6.45, 7) is 1.96. The van der Waals surface area contributed by atoms with Crippen LogP contribution in [0, 0.1) is 6.92 Å². The van der Waals surface area contributed by atoms with Gasteiger partial charge in [0.15, 0.2) is 0 Å². The van der Waals surface area contributed by atoms with Crippen molar-refractivity contribution in [2.75, 3.05) is 11.1 Å². The average molecular weight is 280 g/mol. The van der Waals surface area contributed by atoms with Crippen LogP contribution in [-0.2, 0) is 6.42 Å². The molecule has 21 heavy (non-hydrogen) atoms. The van der Waals surface area contributed by atoms with E-state index in [0.29, 0.717) is 5.78 Å². The largest absolute Gasteiger partial charge is 0.399 e. The molecule has 3 aromatic rings. The van der Waals surface area contributed by atoms with Crippen molar-refractivity contribution in [1.82, 2.24) is 19.6 Å². The molecule has 106 valence electrons. The Labute approximate surface area is 122 Å². The SMILES string of the molecule is Cc1cc(NC2CCc3cc(N)ccc32)n2ncnc2n1. The van der Waals surface area contributed by atoms with Gasteiger partial charge in [-0.1, -0.05) is 6.07 Å². The van der Waals surface area contributed by atoms with Crippen molar-refractivity contribution < 1.29 is 0 Å². The molecule has 0 saturated carbocycles. The summed E-state index contributed by atoms with van der Waals surface area (Å²) < 4.78 is 1.74. The highest BCUT2D eigenvalue weighted by atomic mass is 15.4. The highest BCUT2D eigenvalue weighted by Crippen LogP contribution is 2.34. The molecule has 0 aliphatic heterocycles. The molecule has 0 fully saturated rings. The van der Waals surface area contributed by atoms with Crippen LogP contribution in [0.5, 0.6) is 0 Å². The summed E-state index contributed by atoms with van der Waals surface area (Å²) in [5.41, 5.74) is 10.2. The Morgan fingerprint density at radius 1 is 1.33 bits per heavy atom. The second kappa shape index (κ2) is 4.44. The first-order chi connectivity index (χ1) is 10.2. The maximum absolute atomic E-state index is 5.86. The average Bonchev–Trinajstić information content (AvgIpc) is 3.05. The van der Waals surface area contributed by atoms with Crippen LogP contribution in [0.3, 0.4) is 0 Å². The first kappa shape index (κ1) is 12.1. The van der Waals surface area contributed by atoms with Gasteiger partial charge in [-0.3, -0.25) is 0 Å². The van der Waals surface area contributed by atoms with Gasteiger partial charge >= 0.3 is 0 Å². The van der Waals surface area contributed by atoms with Crippen LogP contribution in [0.25, 0.3) is 5.78 Å². The van der Waals surface area contributed by atoms with E-state index >= 15 is 0 Å². The number of benzene rings is 1. The molecule has 1 aliphatic carbocycles. The van der Waals surface area contributed by atoms with E-state index in [1.54, 1.807) is 4.52 Å². The number of nitrogen functional groups attached to an aromatic ring is 1. The van der Waals surface area contributed by atoms with Crippen LogP contribution in [-0.4, -0.2) is 19.6 Å². The quantitative estimate of drug-likeness (QED) is 0.703. The number of aromatic nitrogens is 4. The van der Waals surface area contributed by atoms with Crippen molar-refractivity contribution >= 4 is 17.3 Å². The van der Waals surface area contributed by atoms with Crippen LogP contribution in [0.4, 0.5) is 11.5 Å². The van der Waals surface area contributed by atoms with E-state index < -0.39 is 0 Å². The summed E-state index contributed by atoms with van der Waals surface area (Å²) in [6, 6.07) is 8.41. The zero-order valence-electron chi connectivity index (χ0n) is 11.7. The molecular weight excluding hydrogens is 264 g/mol. The van der Waals surface area contributed by atoms with Gasteiger partial charge in [0.2, 0.25) is 0 Å². The second-order valence-corrected chi connectivity index (χ2v) is 5.45. The molecule has 0 bridgehead atoms. The highest BCUT2D eigenvalue weighted by molar-refractivity contribution is 5.52. The Balaban J connectivity index is 1.72. The van der Waals surface area contributed by atoms with E-state index in [0.717, 1.165) is 30.0 Å². The molecule has 1 unspecified atom stereocenters. The highest BCUT2D eigenvalue weighted by Gasteiger charge is 2.23. The van der Waals surface area contributed by atoms with Gasteiger partial charge in [0.05, 0.1) is 6.04 Å². The Bertz CT molecular complexity index is 822. The number of nitrogens with one attached hydrogen (secondary N) is 1. The Hall–Kier alpha value is -2.63. The third kappa shape index (κ3) is 1.99. The molecule has 6 nitrogen and oxygen atoms in total. The molecule has 2 aromatic heterocycles. The van der Waals surface area contributed by atoms with Gasteiger partial charge < -0.3 is 11.1 Å². The second-order valence-electron chi connectivity index (χ2n) is 5.45. The molecule has 1 aromatic carbocycles. The fraction of sp³-hybridized carbons (Fsp3) is 0.267. The third-order valence-corrected chi connectivity index (χ3v) is 3.95. The number of rotatable bonds is 2. The van der Waals surface area contributed by atoms with E-state index in [2.05, 4.69) is 32.5 Å². The summed E-state index contributed by atoms with van der Waals surface area (Å²) in [7, 11) is 0. The van der Waals surface area contributed by atoms with Crippen molar-refractivity contribution in [1.29, 1.82) is 0 Å². The number of nitrogens with two attached hydrogens (primary N) is 1. The minimum atomic E-state index is 0.273. The molecule has 0 spiro atoms. The fourth-order valence-electron chi connectivity index (χ4n) is 3.00. The van der Waals surface area contributed by atoms with Crippen LogP contribution < -0.4 is 11.1 Å². The third-order valence-electron chi connectivity index (χ3n) is 3.95. The number of anilines is 2. The lowest BCUT2D eigenvalue weighted by Crippen LogP contribution is -2.12. The Morgan fingerprint density at radius 3 is 3.14 bits per heavy atom. The summed E-state index contributed by atoms with van der Waals surface area (Å²) in [6.07, 6.45) is 3.62. The molecule has 1 atom stereocenters. The first-order valence-electron chi connectivity index (χ1n) is 7.03. The topological polar surface area (TPSA) is 81.1 Å². The normalized spacial score (nSPS) is 17.1. The van der Waals surface area contributed by atoms with Gasteiger partial charge in [0.1, 0.15) is 12.1 Å². The molecule has 0 amide bonds. The van der Waals surface area contributed by atoms with Gasteiger partial charge in [0, 0.05) is 17.4 Å². The molecule has 4 rings (SSSR count). The lowest BCUT2D eigenvalue weighted by atomic mass is 10.1. The first-order valence-corrected chi connectivity index (χ1v) is 7.03. The van der Waals surface area contributed by atoms with E-state index in [-0.39, 0.29) is 6.04 Å². The predicted molar refractivity (Wildman–Crippen MR) is 81.1 cm³/mol. The molecule has 0 radical (unpaired) electrons. The van der Waals surface area contributed by atoms with Gasteiger partial charge in [0.25, 0.3) is 5.78 Å². The van der Waals surface area contributed by atoms with Gasteiger partial charge in [-0.25, -0.2) is 4.98 Å². The van der Waals surface area contributed by atoms with Crippen LogP contribution >= 0.6 is 0 Å². The van der Waals surface area contributed by atoms with Crippen molar-refractivity contribution in [2.24, 2.45) is 0 Å². The van der Waals surface area contributed by atoms with Crippen molar-refractivity contribution in [3.63, 3.8) is 0 Å². The zero-order valence-corrected chi connectivity index (χ0v) is 11.7. The number of fused-ring (bicyclic) bond motifs is 2. The molecular formula is C15H16N6. The fourth-order valence-corrected chi connectivity index (χ4v) is 3.00. The summed E-state index contributed by atoms with van der Waals surface area (Å²) in [5.74, 6) is 1.54. The van der Waals surface area contributed by atoms with Crippen LogP contribution in [0.1, 0.15) is 29.3 Å².